The molecular weight excluding hydrogens is 396 g/mol. The molecule has 1 amide bonds. The number of rotatable bonds is 4. The Morgan fingerprint density at radius 2 is 1.96 bits per heavy atom. The van der Waals surface area contributed by atoms with Crippen molar-refractivity contribution < 1.29 is 14.3 Å². The largest absolute Gasteiger partial charge is 0.486 e. The van der Waals surface area contributed by atoms with E-state index in [2.05, 4.69) is 50.4 Å². The van der Waals surface area contributed by atoms with E-state index in [1.807, 2.05) is 13.1 Å². The molecule has 1 aliphatic carbocycles. The number of aryl methyl sites for hydroxylation is 1. The molecule has 0 fully saturated rings. The highest BCUT2D eigenvalue weighted by Gasteiger charge is 2.26. The predicted octanol–water partition coefficient (Wildman–Crippen LogP) is 3.78. The van der Waals surface area contributed by atoms with Gasteiger partial charge in [0.2, 0.25) is 5.91 Å². The highest BCUT2D eigenvalue weighted by atomic mass is 79.9. The molecule has 136 valence electrons. The maximum atomic E-state index is 12.6. The fourth-order valence-electron chi connectivity index (χ4n) is 3.68. The molecule has 1 N–H and O–H groups in total. The van der Waals surface area contributed by atoms with Crippen LogP contribution in [0.15, 0.2) is 40.9 Å². The minimum Gasteiger partial charge on any atom is -0.486 e. The van der Waals surface area contributed by atoms with Crippen molar-refractivity contribution in [3.63, 3.8) is 0 Å². The molecule has 0 saturated carbocycles. The Labute approximate surface area is 161 Å². The van der Waals surface area contributed by atoms with Crippen LogP contribution in [0.3, 0.4) is 0 Å². The highest BCUT2D eigenvalue weighted by Crippen LogP contribution is 2.38. The first-order chi connectivity index (χ1) is 12.6. The van der Waals surface area contributed by atoms with E-state index in [9.17, 15) is 4.79 Å². The van der Waals surface area contributed by atoms with E-state index < -0.39 is 0 Å². The first kappa shape index (κ1) is 17.4. The zero-order chi connectivity index (χ0) is 18.1. The molecule has 2 aliphatic rings. The van der Waals surface area contributed by atoms with Gasteiger partial charge in [0.15, 0.2) is 11.5 Å². The number of nitrogens with one attached hydrogen (secondary N) is 1. The van der Waals surface area contributed by atoms with Crippen molar-refractivity contribution in [2.45, 2.75) is 18.9 Å². The predicted molar refractivity (Wildman–Crippen MR) is 104 cm³/mol. The van der Waals surface area contributed by atoms with Gasteiger partial charge in [-0.1, -0.05) is 24.3 Å². The maximum Gasteiger partial charge on any atom is 0.238 e. The summed E-state index contributed by atoms with van der Waals surface area (Å²) in [5.41, 5.74) is 3.42. The van der Waals surface area contributed by atoms with Crippen molar-refractivity contribution in [1.29, 1.82) is 0 Å². The smallest absolute Gasteiger partial charge is 0.238 e. The molecule has 0 saturated heterocycles. The van der Waals surface area contributed by atoms with E-state index in [-0.39, 0.29) is 5.91 Å². The molecular formula is C20H21BrN2O3. The number of halogens is 1. The van der Waals surface area contributed by atoms with E-state index in [1.54, 1.807) is 6.07 Å². The SMILES string of the molecule is CN(CC(=O)Nc1cc2c(cc1Br)OCCO2)C1CCc2ccccc21. The second kappa shape index (κ2) is 7.29. The van der Waals surface area contributed by atoms with Gasteiger partial charge < -0.3 is 14.8 Å². The van der Waals surface area contributed by atoms with E-state index in [0.29, 0.717) is 43.0 Å². The van der Waals surface area contributed by atoms with Gasteiger partial charge in [-0.05, 0) is 46.9 Å². The molecule has 4 rings (SSSR count). The number of hydrogen-bond donors (Lipinski definition) is 1. The van der Waals surface area contributed by atoms with Crippen molar-refractivity contribution in [2.24, 2.45) is 0 Å². The summed E-state index contributed by atoms with van der Waals surface area (Å²) in [6.07, 6.45) is 2.12. The number of anilines is 1. The van der Waals surface area contributed by atoms with Crippen LogP contribution in [0.5, 0.6) is 11.5 Å². The van der Waals surface area contributed by atoms with Crippen LogP contribution in [0, 0.1) is 0 Å². The highest BCUT2D eigenvalue weighted by molar-refractivity contribution is 9.10. The van der Waals surface area contributed by atoms with Crippen LogP contribution in [0.4, 0.5) is 5.69 Å². The Morgan fingerprint density at radius 1 is 1.23 bits per heavy atom. The Bertz CT molecular complexity index is 840. The second-order valence-electron chi connectivity index (χ2n) is 6.69. The second-order valence-corrected chi connectivity index (χ2v) is 7.55. The van der Waals surface area contributed by atoms with Crippen LogP contribution < -0.4 is 14.8 Å². The lowest BCUT2D eigenvalue weighted by Gasteiger charge is -2.25. The summed E-state index contributed by atoms with van der Waals surface area (Å²) in [6, 6.07) is 12.4. The average Bonchev–Trinajstić information content (AvgIpc) is 3.06. The summed E-state index contributed by atoms with van der Waals surface area (Å²) in [6.45, 7) is 1.39. The van der Waals surface area contributed by atoms with Crippen molar-refractivity contribution in [3.05, 3.63) is 52.0 Å². The van der Waals surface area contributed by atoms with Gasteiger partial charge in [0.25, 0.3) is 0 Å². The number of carbonyl (C=O) groups is 1. The molecule has 2 aromatic rings. The quantitative estimate of drug-likeness (QED) is 0.823. The number of hydrogen-bond acceptors (Lipinski definition) is 4. The molecule has 1 unspecified atom stereocenters. The summed E-state index contributed by atoms with van der Waals surface area (Å²) in [5.74, 6) is 1.31. The lowest BCUT2D eigenvalue weighted by atomic mass is 10.1. The summed E-state index contributed by atoms with van der Waals surface area (Å²) in [7, 11) is 2.01. The molecule has 0 spiro atoms. The Balaban J connectivity index is 1.43. The first-order valence-electron chi connectivity index (χ1n) is 8.79. The van der Waals surface area contributed by atoms with E-state index >= 15 is 0 Å². The van der Waals surface area contributed by atoms with Crippen LogP contribution >= 0.6 is 15.9 Å². The van der Waals surface area contributed by atoms with Gasteiger partial charge in [0, 0.05) is 22.6 Å². The maximum absolute atomic E-state index is 12.6. The number of likely N-dealkylation sites (N-methyl/N-ethyl adjacent to an activating group) is 1. The number of ether oxygens (including phenoxy) is 2. The summed E-state index contributed by atoms with van der Waals surface area (Å²) in [4.78, 5) is 14.7. The number of benzene rings is 2. The molecule has 1 atom stereocenters. The number of amides is 1. The Hall–Kier alpha value is -2.05. The average molecular weight is 417 g/mol. The molecule has 0 aromatic heterocycles. The van der Waals surface area contributed by atoms with Crippen molar-refractivity contribution in [3.8, 4) is 11.5 Å². The van der Waals surface area contributed by atoms with Crippen molar-refractivity contribution in [2.75, 3.05) is 32.1 Å². The van der Waals surface area contributed by atoms with Gasteiger partial charge in [-0.2, -0.15) is 0 Å². The van der Waals surface area contributed by atoms with Crippen LogP contribution in [-0.2, 0) is 11.2 Å². The third-order valence-corrected chi connectivity index (χ3v) is 5.59. The fourth-order valence-corrected chi connectivity index (χ4v) is 4.10. The molecule has 2 aromatic carbocycles. The minimum absolute atomic E-state index is 0.0470. The zero-order valence-electron chi connectivity index (χ0n) is 14.6. The van der Waals surface area contributed by atoms with Crippen molar-refractivity contribution >= 4 is 27.5 Å². The standard InChI is InChI=1S/C20H21BrN2O3/c1-23(17-7-6-13-4-2-3-5-14(13)17)12-20(24)22-16-11-19-18(10-15(16)21)25-8-9-26-19/h2-5,10-11,17H,6-9,12H2,1H3,(H,22,24). The van der Waals surface area contributed by atoms with Gasteiger partial charge in [0.1, 0.15) is 13.2 Å². The fraction of sp³-hybridized carbons (Fsp3) is 0.350. The van der Waals surface area contributed by atoms with Gasteiger partial charge in [-0.15, -0.1) is 0 Å². The molecule has 6 heteroatoms. The minimum atomic E-state index is -0.0470. The van der Waals surface area contributed by atoms with Crippen LogP contribution in [-0.4, -0.2) is 37.6 Å². The monoisotopic (exact) mass is 416 g/mol. The zero-order valence-corrected chi connectivity index (χ0v) is 16.2. The topological polar surface area (TPSA) is 50.8 Å². The summed E-state index contributed by atoms with van der Waals surface area (Å²) < 4.78 is 11.9. The number of fused-ring (bicyclic) bond motifs is 2. The summed E-state index contributed by atoms with van der Waals surface area (Å²) >= 11 is 3.49. The van der Waals surface area contributed by atoms with Crippen LogP contribution in [0.25, 0.3) is 0 Å². The van der Waals surface area contributed by atoms with Gasteiger partial charge in [0.05, 0.1) is 12.2 Å². The molecule has 1 aliphatic heterocycles. The summed E-state index contributed by atoms with van der Waals surface area (Å²) in [5, 5.41) is 2.98. The Kier molecular flexibility index (Phi) is 4.87. The molecule has 5 nitrogen and oxygen atoms in total. The van der Waals surface area contributed by atoms with Gasteiger partial charge in [-0.25, -0.2) is 0 Å². The Morgan fingerprint density at radius 3 is 2.77 bits per heavy atom. The number of carbonyl (C=O) groups excluding carboxylic acids is 1. The van der Waals surface area contributed by atoms with Gasteiger partial charge in [-0.3, -0.25) is 9.69 Å². The van der Waals surface area contributed by atoms with E-state index in [0.717, 1.165) is 17.3 Å². The lowest BCUT2D eigenvalue weighted by molar-refractivity contribution is -0.117. The first-order valence-corrected chi connectivity index (χ1v) is 9.58. The normalized spacial score (nSPS) is 17.9. The van der Waals surface area contributed by atoms with Crippen LogP contribution in [0.2, 0.25) is 0 Å². The molecule has 0 bridgehead atoms. The lowest BCUT2D eigenvalue weighted by Crippen LogP contribution is -2.32. The third kappa shape index (κ3) is 3.44. The van der Waals surface area contributed by atoms with E-state index in [4.69, 9.17) is 9.47 Å². The molecule has 1 heterocycles. The number of nitrogens with zero attached hydrogens (tertiary/aromatic N) is 1. The van der Waals surface area contributed by atoms with Gasteiger partial charge >= 0.3 is 0 Å². The molecule has 26 heavy (non-hydrogen) atoms. The van der Waals surface area contributed by atoms with E-state index in [1.165, 1.54) is 11.1 Å². The van der Waals surface area contributed by atoms with Crippen molar-refractivity contribution in [1.82, 2.24) is 4.90 Å². The molecule has 0 radical (unpaired) electrons. The van der Waals surface area contributed by atoms with Crippen LogP contribution in [0.1, 0.15) is 23.6 Å². The third-order valence-electron chi connectivity index (χ3n) is 4.93.